The molecule has 10 heteroatoms. The van der Waals surface area contributed by atoms with Gasteiger partial charge in [-0.1, -0.05) is 18.2 Å². The van der Waals surface area contributed by atoms with Gasteiger partial charge in [0.2, 0.25) is 0 Å². The lowest BCUT2D eigenvalue weighted by atomic mass is 9.98. The third-order valence-electron chi connectivity index (χ3n) is 5.63. The summed E-state index contributed by atoms with van der Waals surface area (Å²) in [5.41, 5.74) is 0.672. The third-order valence-corrected chi connectivity index (χ3v) is 8.54. The van der Waals surface area contributed by atoms with Crippen LogP contribution in [0.25, 0.3) is 5.57 Å². The number of benzene rings is 1. The van der Waals surface area contributed by atoms with E-state index in [1.165, 1.54) is 36.3 Å². The molecule has 4 rings (SSSR count). The van der Waals surface area contributed by atoms with Gasteiger partial charge in [-0.2, -0.15) is 0 Å². The fourth-order valence-corrected chi connectivity index (χ4v) is 5.68. The van der Waals surface area contributed by atoms with E-state index < -0.39 is 34.0 Å². The van der Waals surface area contributed by atoms with Gasteiger partial charge >= 0.3 is 0 Å². The van der Waals surface area contributed by atoms with Crippen LogP contribution < -0.4 is 5.32 Å². The van der Waals surface area contributed by atoms with Gasteiger partial charge in [-0.3, -0.25) is 4.79 Å². The molecule has 0 spiro atoms. The summed E-state index contributed by atoms with van der Waals surface area (Å²) in [7, 11) is -3.36. The maximum atomic E-state index is 13.7. The number of carbonyl (C=O) groups excluding carboxylic acids is 1. The number of nitrogens with zero attached hydrogens (tertiary/aromatic N) is 2. The normalized spacial score (nSPS) is 23.8. The Bertz CT molecular complexity index is 1110. The minimum Gasteiger partial charge on any atom is -0.305 e. The lowest BCUT2D eigenvalue weighted by molar-refractivity contribution is -0.111. The van der Waals surface area contributed by atoms with Crippen LogP contribution in [0.2, 0.25) is 0 Å². The highest BCUT2D eigenvalue weighted by Gasteiger charge is 2.37. The third kappa shape index (κ3) is 5.01. The number of nitrogens with one attached hydrogen (secondary N) is 1. The van der Waals surface area contributed by atoms with Crippen molar-refractivity contribution in [3.63, 3.8) is 0 Å². The number of allylic oxidation sites excluding steroid dienone is 1. The number of thioether (sulfide) groups is 1. The summed E-state index contributed by atoms with van der Waals surface area (Å²) in [6.45, 7) is 0. The minimum absolute atomic E-state index is 0.00564. The molecule has 2 aliphatic carbocycles. The Morgan fingerprint density at radius 3 is 2.28 bits per heavy atom. The van der Waals surface area contributed by atoms with Crippen molar-refractivity contribution in [2.75, 3.05) is 11.6 Å². The van der Waals surface area contributed by atoms with Gasteiger partial charge in [-0.25, -0.2) is 27.2 Å². The number of amides is 1. The van der Waals surface area contributed by atoms with Gasteiger partial charge in [-0.15, -0.1) is 11.8 Å². The van der Waals surface area contributed by atoms with Crippen molar-refractivity contribution in [2.45, 2.75) is 53.2 Å². The second kappa shape index (κ2) is 9.27. The SMILES string of the molecule is CSc1cnc(NC(=O)C(=CC2C[C@@H](F)[C@@H](F)C2)c2ccc(S(=O)(=O)C3CC3)cc2)cn1. The predicted molar refractivity (Wildman–Crippen MR) is 120 cm³/mol. The van der Waals surface area contributed by atoms with E-state index in [9.17, 15) is 22.0 Å². The quantitative estimate of drug-likeness (QED) is 0.472. The highest BCUT2D eigenvalue weighted by atomic mass is 32.2. The number of hydrogen-bond acceptors (Lipinski definition) is 6. The Hall–Kier alpha value is -2.33. The van der Waals surface area contributed by atoms with Gasteiger partial charge in [-0.05, 0) is 55.6 Å². The molecule has 32 heavy (non-hydrogen) atoms. The molecule has 1 heterocycles. The number of sulfone groups is 1. The van der Waals surface area contributed by atoms with Crippen LogP contribution in [0.5, 0.6) is 0 Å². The van der Waals surface area contributed by atoms with E-state index in [1.807, 2.05) is 6.26 Å². The van der Waals surface area contributed by atoms with Gasteiger partial charge in [0.1, 0.15) is 17.4 Å². The zero-order valence-corrected chi connectivity index (χ0v) is 19.0. The van der Waals surface area contributed by atoms with Crippen molar-refractivity contribution in [2.24, 2.45) is 5.92 Å². The molecule has 0 saturated heterocycles. The molecule has 1 aromatic carbocycles. The van der Waals surface area contributed by atoms with E-state index >= 15 is 0 Å². The molecule has 2 aliphatic rings. The zero-order chi connectivity index (χ0) is 22.9. The van der Waals surface area contributed by atoms with Crippen molar-refractivity contribution >= 4 is 38.9 Å². The number of rotatable bonds is 7. The number of anilines is 1. The zero-order valence-electron chi connectivity index (χ0n) is 17.4. The molecule has 3 atom stereocenters. The van der Waals surface area contributed by atoms with Crippen molar-refractivity contribution in [1.29, 1.82) is 0 Å². The first kappa shape index (κ1) is 22.8. The number of carbonyl (C=O) groups is 1. The van der Waals surface area contributed by atoms with E-state index in [0.29, 0.717) is 23.4 Å². The number of hydrogen-bond donors (Lipinski definition) is 1. The molecular weight excluding hydrogens is 456 g/mol. The predicted octanol–water partition coefficient (Wildman–Crippen LogP) is 4.24. The van der Waals surface area contributed by atoms with Gasteiger partial charge in [0.15, 0.2) is 15.7 Å². The van der Waals surface area contributed by atoms with Crippen LogP contribution in [-0.2, 0) is 14.6 Å². The summed E-state index contributed by atoms with van der Waals surface area (Å²) in [5.74, 6) is -0.711. The maximum absolute atomic E-state index is 13.7. The Morgan fingerprint density at radius 1 is 1.09 bits per heavy atom. The lowest BCUT2D eigenvalue weighted by Crippen LogP contribution is -2.16. The molecule has 170 valence electrons. The Balaban J connectivity index is 1.62. The second-order valence-corrected chi connectivity index (χ2v) is 11.1. The first-order valence-electron chi connectivity index (χ1n) is 10.3. The first-order chi connectivity index (χ1) is 15.3. The van der Waals surface area contributed by atoms with E-state index in [-0.39, 0.29) is 34.4 Å². The fraction of sp³-hybridized carbons (Fsp3) is 0.409. The van der Waals surface area contributed by atoms with Crippen LogP contribution in [0.3, 0.4) is 0 Å². The Labute approximate surface area is 189 Å². The van der Waals surface area contributed by atoms with E-state index in [0.717, 1.165) is 0 Å². The fourth-order valence-electron chi connectivity index (χ4n) is 3.71. The Kier molecular flexibility index (Phi) is 6.62. The molecule has 2 aromatic rings. The van der Waals surface area contributed by atoms with Crippen molar-refractivity contribution in [3.8, 4) is 0 Å². The molecular formula is C22H23F2N3O3S2. The molecule has 1 aromatic heterocycles. The van der Waals surface area contributed by atoms with Crippen LogP contribution in [0.1, 0.15) is 31.2 Å². The average Bonchev–Trinajstić information content (AvgIpc) is 3.59. The largest absolute Gasteiger partial charge is 0.305 e. The summed E-state index contributed by atoms with van der Waals surface area (Å²) in [6.07, 6.45) is 4.56. The standard InChI is InChI=1S/C22H23F2N3O3S2/c1-31-21-12-25-20(11-26-21)27-22(28)17(8-13-9-18(23)19(24)10-13)14-2-4-15(5-3-14)32(29,30)16-6-7-16/h2-5,8,11-13,16,18-19H,6-7,9-10H2,1H3,(H,25,27,28)/t13?,18-,19+. The van der Waals surface area contributed by atoms with Crippen molar-refractivity contribution in [1.82, 2.24) is 9.97 Å². The molecule has 1 unspecified atom stereocenters. The van der Waals surface area contributed by atoms with E-state index in [4.69, 9.17) is 0 Å². The molecule has 1 amide bonds. The van der Waals surface area contributed by atoms with Crippen LogP contribution in [-0.4, -0.2) is 48.1 Å². The van der Waals surface area contributed by atoms with Crippen LogP contribution in [0.15, 0.2) is 52.7 Å². The van der Waals surface area contributed by atoms with Gasteiger partial charge in [0.25, 0.3) is 5.91 Å². The number of alkyl halides is 2. The van der Waals surface area contributed by atoms with Crippen molar-refractivity contribution in [3.05, 3.63) is 48.3 Å². The molecule has 6 nitrogen and oxygen atoms in total. The summed E-state index contributed by atoms with van der Waals surface area (Å²) < 4.78 is 52.3. The van der Waals surface area contributed by atoms with Crippen LogP contribution in [0, 0.1) is 5.92 Å². The summed E-state index contributed by atoms with van der Waals surface area (Å²) in [6, 6.07) is 6.06. The lowest BCUT2D eigenvalue weighted by Gasteiger charge is -2.12. The van der Waals surface area contributed by atoms with Gasteiger partial charge in [0.05, 0.1) is 22.5 Å². The molecule has 0 aliphatic heterocycles. The minimum atomic E-state index is -3.36. The average molecular weight is 480 g/mol. The van der Waals surface area contributed by atoms with Crippen LogP contribution >= 0.6 is 11.8 Å². The molecule has 0 radical (unpaired) electrons. The number of aromatic nitrogens is 2. The molecule has 0 bridgehead atoms. The van der Waals surface area contributed by atoms with E-state index in [2.05, 4.69) is 15.3 Å². The smallest absolute Gasteiger partial charge is 0.257 e. The highest BCUT2D eigenvalue weighted by Crippen LogP contribution is 2.36. The van der Waals surface area contributed by atoms with Gasteiger partial charge in [0, 0.05) is 5.57 Å². The number of halogens is 2. The topological polar surface area (TPSA) is 89.0 Å². The van der Waals surface area contributed by atoms with Crippen LogP contribution in [0.4, 0.5) is 14.6 Å². The Morgan fingerprint density at radius 2 is 1.75 bits per heavy atom. The maximum Gasteiger partial charge on any atom is 0.257 e. The van der Waals surface area contributed by atoms with Gasteiger partial charge < -0.3 is 5.32 Å². The highest BCUT2D eigenvalue weighted by molar-refractivity contribution is 7.98. The molecule has 2 saturated carbocycles. The summed E-state index contributed by atoms with van der Waals surface area (Å²) in [4.78, 5) is 21.6. The molecule has 2 fully saturated rings. The molecule has 1 N–H and O–H groups in total. The summed E-state index contributed by atoms with van der Waals surface area (Å²) >= 11 is 1.41. The van der Waals surface area contributed by atoms with Crippen molar-refractivity contribution < 1.29 is 22.0 Å². The second-order valence-electron chi connectivity index (χ2n) is 8.01. The first-order valence-corrected chi connectivity index (χ1v) is 13.1. The van der Waals surface area contributed by atoms with E-state index in [1.54, 1.807) is 18.2 Å². The summed E-state index contributed by atoms with van der Waals surface area (Å²) in [5, 5.41) is 3.02. The monoisotopic (exact) mass is 479 g/mol.